The third kappa shape index (κ3) is 4.36. The highest BCUT2D eigenvalue weighted by molar-refractivity contribution is 14.1. The Morgan fingerprint density at radius 3 is 2.50 bits per heavy atom. The normalized spacial score (nSPS) is 11.2. The van der Waals surface area contributed by atoms with Crippen LogP contribution < -0.4 is 0 Å². The summed E-state index contributed by atoms with van der Waals surface area (Å²) < 4.78 is 5.81. The molecule has 0 aliphatic heterocycles. The minimum atomic E-state index is -1.12. The van der Waals surface area contributed by atoms with Crippen molar-refractivity contribution in [3.8, 4) is 0 Å². The lowest BCUT2D eigenvalue weighted by Gasteiger charge is -2.24. The van der Waals surface area contributed by atoms with Crippen LogP contribution in [0.2, 0.25) is 0 Å². The molecule has 1 aromatic rings. The quantitative estimate of drug-likeness (QED) is 0.603. The number of amides is 1. The van der Waals surface area contributed by atoms with Crippen LogP contribution >= 0.6 is 22.6 Å². The van der Waals surface area contributed by atoms with Crippen LogP contribution in [0.25, 0.3) is 0 Å². The summed E-state index contributed by atoms with van der Waals surface area (Å²) in [6, 6.07) is 0. The number of hydrogen-bond acceptors (Lipinski definition) is 4. The Morgan fingerprint density at radius 2 is 2.05 bits per heavy atom. The standard InChI is InChI=1S/C12H18IN3O4/c1-12(2,3)20-11(19)16(4)6-7-8(5-13)14-15-9(7)10(17)18/h5-6H2,1-4H3,(H,14,15)(H,17,18). The summed E-state index contributed by atoms with van der Waals surface area (Å²) in [6.07, 6.45) is -0.505. The molecule has 0 atom stereocenters. The molecule has 2 N–H and O–H groups in total. The molecule has 0 saturated heterocycles. The number of aromatic amines is 1. The number of nitrogens with one attached hydrogen (secondary N) is 1. The van der Waals surface area contributed by atoms with E-state index in [0.29, 0.717) is 15.7 Å². The van der Waals surface area contributed by atoms with E-state index in [1.165, 1.54) is 4.90 Å². The van der Waals surface area contributed by atoms with Crippen molar-refractivity contribution < 1.29 is 19.4 Å². The van der Waals surface area contributed by atoms with Gasteiger partial charge in [0.05, 0.1) is 12.2 Å². The Hall–Kier alpha value is -1.32. The van der Waals surface area contributed by atoms with E-state index in [1.54, 1.807) is 27.8 Å². The molecular weight excluding hydrogens is 377 g/mol. The van der Waals surface area contributed by atoms with Crippen LogP contribution in [0.15, 0.2) is 0 Å². The maximum absolute atomic E-state index is 11.9. The molecule has 0 aliphatic rings. The molecule has 0 saturated carbocycles. The number of H-pyrrole nitrogens is 1. The number of carbonyl (C=O) groups is 2. The summed E-state index contributed by atoms with van der Waals surface area (Å²) in [7, 11) is 1.56. The van der Waals surface area contributed by atoms with Crippen molar-refractivity contribution in [1.82, 2.24) is 15.1 Å². The lowest BCUT2D eigenvalue weighted by molar-refractivity contribution is 0.0283. The van der Waals surface area contributed by atoms with Gasteiger partial charge in [-0.2, -0.15) is 5.10 Å². The maximum atomic E-state index is 11.9. The summed E-state index contributed by atoms with van der Waals surface area (Å²) >= 11 is 2.10. The molecule has 0 aromatic carbocycles. The monoisotopic (exact) mass is 395 g/mol. The van der Waals surface area contributed by atoms with Gasteiger partial charge in [-0.1, -0.05) is 22.6 Å². The summed E-state index contributed by atoms with van der Waals surface area (Å²) in [5.41, 5.74) is 0.537. The van der Waals surface area contributed by atoms with Gasteiger partial charge in [0.2, 0.25) is 0 Å². The molecule has 0 spiro atoms. The number of carboxylic acid groups (broad SMARTS) is 1. The number of aromatic carboxylic acids is 1. The number of nitrogens with zero attached hydrogens (tertiary/aromatic N) is 2. The van der Waals surface area contributed by atoms with Crippen LogP contribution in [0, 0.1) is 0 Å². The van der Waals surface area contributed by atoms with Crippen molar-refractivity contribution in [2.24, 2.45) is 0 Å². The van der Waals surface area contributed by atoms with Gasteiger partial charge in [0.25, 0.3) is 0 Å². The first-order valence-electron chi connectivity index (χ1n) is 5.95. The Morgan fingerprint density at radius 1 is 1.45 bits per heavy atom. The highest BCUT2D eigenvalue weighted by Gasteiger charge is 2.24. The first-order chi connectivity index (χ1) is 9.15. The van der Waals surface area contributed by atoms with E-state index in [1.807, 2.05) is 0 Å². The molecule has 20 heavy (non-hydrogen) atoms. The van der Waals surface area contributed by atoms with Crippen LogP contribution in [0.5, 0.6) is 0 Å². The SMILES string of the molecule is CN(Cc1c(C(=O)O)n[nH]c1CI)C(=O)OC(C)(C)C. The number of aromatic nitrogens is 2. The largest absolute Gasteiger partial charge is 0.476 e. The predicted molar refractivity (Wildman–Crippen MR) is 81.0 cm³/mol. The second kappa shape index (κ2) is 6.42. The van der Waals surface area contributed by atoms with Gasteiger partial charge in [-0.05, 0) is 20.8 Å². The van der Waals surface area contributed by atoms with Crippen molar-refractivity contribution in [2.75, 3.05) is 7.05 Å². The highest BCUT2D eigenvalue weighted by Crippen LogP contribution is 2.18. The number of carbonyl (C=O) groups excluding carboxylic acids is 1. The Bertz CT molecular complexity index is 507. The number of hydrogen-bond donors (Lipinski definition) is 2. The summed E-state index contributed by atoms with van der Waals surface area (Å²) in [4.78, 5) is 24.3. The van der Waals surface area contributed by atoms with Gasteiger partial charge in [0.15, 0.2) is 5.69 Å². The maximum Gasteiger partial charge on any atom is 0.410 e. The fourth-order valence-electron chi connectivity index (χ4n) is 1.50. The minimum Gasteiger partial charge on any atom is -0.476 e. The molecule has 0 aliphatic carbocycles. The van der Waals surface area contributed by atoms with Crippen LogP contribution in [-0.4, -0.2) is 44.9 Å². The third-order valence-corrected chi connectivity index (χ3v) is 3.15. The fraction of sp³-hybridized carbons (Fsp3) is 0.583. The molecule has 8 heteroatoms. The van der Waals surface area contributed by atoms with E-state index < -0.39 is 17.7 Å². The topological polar surface area (TPSA) is 95.5 Å². The van der Waals surface area contributed by atoms with Crippen molar-refractivity contribution in [2.45, 2.75) is 37.3 Å². The van der Waals surface area contributed by atoms with E-state index in [-0.39, 0.29) is 12.2 Å². The second-order valence-electron chi connectivity index (χ2n) is 5.30. The van der Waals surface area contributed by atoms with Gasteiger partial charge in [0.1, 0.15) is 5.60 Å². The molecule has 1 heterocycles. The van der Waals surface area contributed by atoms with Gasteiger partial charge in [0, 0.05) is 17.0 Å². The summed E-state index contributed by atoms with van der Waals surface area (Å²) in [6.45, 7) is 5.45. The van der Waals surface area contributed by atoms with Gasteiger partial charge in [-0.15, -0.1) is 0 Å². The molecule has 1 rings (SSSR count). The van der Waals surface area contributed by atoms with Crippen molar-refractivity contribution in [1.29, 1.82) is 0 Å². The van der Waals surface area contributed by atoms with Crippen LogP contribution in [-0.2, 0) is 15.7 Å². The predicted octanol–water partition coefficient (Wildman–Crippen LogP) is 2.41. The third-order valence-electron chi connectivity index (χ3n) is 2.39. The van der Waals surface area contributed by atoms with Crippen molar-refractivity contribution in [3.63, 3.8) is 0 Å². The van der Waals surface area contributed by atoms with E-state index in [9.17, 15) is 9.59 Å². The zero-order valence-electron chi connectivity index (χ0n) is 11.9. The Kier molecular flexibility index (Phi) is 5.37. The first kappa shape index (κ1) is 16.7. The lowest BCUT2D eigenvalue weighted by Crippen LogP contribution is -2.34. The Balaban J connectivity index is 2.89. The molecule has 7 nitrogen and oxygen atoms in total. The van der Waals surface area contributed by atoms with Crippen LogP contribution in [0.3, 0.4) is 0 Å². The van der Waals surface area contributed by atoms with Gasteiger partial charge in [-0.25, -0.2) is 9.59 Å². The smallest absolute Gasteiger partial charge is 0.410 e. The number of ether oxygens (including phenoxy) is 1. The zero-order chi connectivity index (χ0) is 15.5. The summed E-state index contributed by atoms with van der Waals surface area (Å²) in [5.74, 6) is -1.12. The molecular formula is C12H18IN3O4. The molecule has 0 bridgehead atoms. The molecule has 0 fully saturated rings. The van der Waals surface area contributed by atoms with Crippen LogP contribution in [0.1, 0.15) is 42.5 Å². The molecule has 1 aromatic heterocycles. The van der Waals surface area contributed by atoms with E-state index in [2.05, 4.69) is 32.8 Å². The first-order valence-corrected chi connectivity index (χ1v) is 7.47. The number of alkyl halides is 1. The molecule has 1 amide bonds. The highest BCUT2D eigenvalue weighted by atomic mass is 127. The fourth-order valence-corrected chi connectivity index (χ4v) is 2.13. The molecule has 0 unspecified atom stereocenters. The average molecular weight is 395 g/mol. The van der Waals surface area contributed by atoms with E-state index in [4.69, 9.17) is 9.84 Å². The van der Waals surface area contributed by atoms with Gasteiger partial charge >= 0.3 is 12.1 Å². The van der Waals surface area contributed by atoms with Gasteiger partial charge < -0.3 is 14.7 Å². The van der Waals surface area contributed by atoms with E-state index >= 15 is 0 Å². The Labute approximate surface area is 130 Å². The van der Waals surface area contributed by atoms with Crippen LogP contribution in [0.4, 0.5) is 4.79 Å². The number of carboxylic acids is 1. The second-order valence-corrected chi connectivity index (χ2v) is 6.07. The average Bonchev–Trinajstić information content (AvgIpc) is 2.69. The zero-order valence-corrected chi connectivity index (χ0v) is 14.0. The lowest BCUT2D eigenvalue weighted by atomic mass is 10.2. The molecule has 112 valence electrons. The van der Waals surface area contributed by atoms with E-state index in [0.717, 1.165) is 0 Å². The number of halogens is 1. The summed E-state index contributed by atoms with van der Waals surface area (Å²) in [5, 5.41) is 15.5. The number of rotatable bonds is 4. The molecule has 0 radical (unpaired) electrons. The van der Waals surface area contributed by atoms with Crippen molar-refractivity contribution >= 4 is 34.7 Å². The van der Waals surface area contributed by atoms with Gasteiger partial charge in [-0.3, -0.25) is 5.10 Å². The minimum absolute atomic E-state index is 0.0629. The van der Waals surface area contributed by atoms with Crippen molar-refractivity contribution in [3.05, 3.63) is 17.0 Å².